The first-order valence-corrected chi connectivity index (χ1v) is 13.4. The molecule has 0 bridgehead atoms. The van der Waals surface area contributed by atoms with Crippen LogP contribution in [0, 0.1) is 30.0 Å². The van der Waals surface area contributed by atoms with Crippen molar-refractivity contribution in [2.24, 2.45) is 5.92 Å². The first-order chi connectivity index (χ1) is 19.6. The second kappa shape index (κ2) is 25.0. The fraction of sp³-hybridized carbons (Fsp3) is 0.517. The van der Waals surface area contributed by atoms with Crippen LogP contribution in [0.5, 0.6) is 0 Å². The number of amides is 2. The van der Waals surface area contributed by atoms with Gasteiger partial charge >= 0.3 is 0 Å². The maximum absolute atomic E-state index is 13.0. The smallest absolute Gasteiger partial charge is 0.274 e. The molecule has 41 heavy (non-hydrogen) atoms. The lowest BCUT2D eigenvalue weighted by Gasteiger charge is -2.17. The Labute approximate surface area is 242 Å². The van der Waals surface area contributed by atoms with E-state index in [1.165, 1.54) is 36.8 Å². The topological polar surface area (TPSA) is 166 Å². The van der Waals surface area contributed by atoms with Gasteiger partial charge in [0.05, 0.1) is 18.7 Å². The molecule has 0 spiro atoms. The van der Waals surface area contributed by atoms with Crippen LogP contribution >= 0.6 is 0 Å². The van der Waals surface area contributed by atoms with E-state index in [0.29, 0.717) is 24.0 Å². The lowest BCUT2D eigenvalue weighted by molar-refractivity contribution is -0.124. The second-order valence-electron chi connectivity index (χ2n) is 8.81. The highest BCUT2D eigenvalue weighted by molar-refractivity contribution is 5.96. The summed E-state index contributed by atoms with van der Waals surface area (Å²) in [5.41, 5.74) is 0.694. The first kappa shape index (κ1) is 39.2. The van der Waals surface area contributed by atoms with Gasteiger partial charge in [-0.1, -0.05) is 44.5 Å². The van der Waals surface area contributed by atoms with Gasteiger partial charge in [-0.05, 0) is 58.6 Å². The molecule has 0 saturated carbocycles. The highest BCUT2D eigenvalue weighted by Crippen LogP contribution is 2.08. The SMILES string of the molecule is CCC.CCC(C=O)CC(C#N)NC.CNC.Cc1cc(C(=O)NC(Cc2ccc(F)cc2)C(=O)NCC=O)no1. The van der Waals surface area contributed by atoms with E-state index in [-0.39, 0.29) is 30.6 Å². The Balaban J connectivity index is 0. The van der Waals surface area contributed by atoms with E-state index >= 15 is 0 Å². The van der Waals surface area contributed by atoms with Gasteiger partial charge in [-0.3, -0.25) is 9.59 Å². The first-order valence-electron chi connectivity index (χ1n) is 13.4. The summed E-state index contributed by atoms with van der Waals surface area (Å²) in [5, 5.41) is 22.6. The van der Waals surface area contributed by atoms with Crippen LogP contribution in [0.4, 0.5) is 4.39 Å². The van der Waals surface area contributed by atoms with Gasteiger partial charge in [0.15, 0.2) is 5.69 Å². The lowest BCUT2D eigenvalue weighted by atomic mass is 10.00. The molecule has 3 unspecified atom stereocenters. The number of nitrogens with one attached hydrogen (secondary N) is 4. The van der Waals surface area contributed by atoms with Crippen LogP contribution in [-0.2, 0) is 20.8 Å². The standard InChI is InChI=1S/C16H16FN3O4.C8H14N2O.C3H8.C2H7N/c1-10-8-14(20-24-10)16(23)19-13(15(22)18-6-7-21)9-11-2-4-12(17)5-3-11;1-3-7(6-11)4-8(5-9)10-2;2*1-3-2/h2-5,7-8,13H,6,9H2,1H3,(H,18,22)(H,19,23);6-8,10H,3-4H2,1-2H3;3H2,1-2H3;3H,1-2H3. The summed E-state index contributed by atoms with van der Waals surface area (Å²) < 4.78 is 17.8. The molecule has 0 aliphatic heterocycles. The van der Waals surface area contributed by atoms with E-state index in [0.717, 1.165) is 12.7 Å². The maximum Gasteiger partial charge on any atom is 0.274 e. The van der Waals surface area contributed by atoms with E-state index in [2.05, 4.69) is 46.3 Å². The summed E-state index contributed by atoms with van der Waals surface area (Å²) in [4.78, 5) is 45.1. The number of halogens is 1. The van der Waals surface area contributed by atoms with Crippen LogP contribution in [0.3, 0.4) is 0 Å². The van der Waals surface area contributed by atoms with Gasteiger partial charge in [0.1, 0.15) is 30.2 Å². The Hall–Kier alpha value is -3.95. The number of nitrogens with zero attached hydrogens (tertiary/aromatic N) is 2. The molecule has 12 heteroatoms. The predicted octanol–water partition coefficient (Wildman–Crippen LogP) is 2.74. The van der Waals surface area contributed by atoms with Crippen LogP contribution in [0.15, 0.2) is 34.9 Å². The summed E-state index contributed by atoms with van der Waals surface area (Å²) in [6.07, 6.45) is 4.27. The number of hydrogen-bond acceptors (Lipinski definition) is 9. The van der Waals surface area contributed by atoms with Crippen LogP contribution in [0.1, 0.15) is 61.8 Å². The number of nitriles is 1. The lowest BCUT2D eigenvalue weighted by Crippen LogP contribution is -2.48. The molecule has 1 aromatic carbocycles. The molecule has 2 aromatic rings. The van der Waals surface area contributed by atoms with Gasteiger partial charge in [-0.25, -0.2) is 4.39 Å². The number of benzene rings is 1. The summed E-state index contributed by atoms with van der Waals surface area (Å²) in [6, 6.07) is 7.94. The molecule has 3 atom stereocenters. The minimum Gasteiger partial charge on any atom is -0.361 e. The summed E-state index contributed by atoms with van der Waals surface area (Å²) in [6.45, 7) is 7.66. The molecule has 2 rings (SSSR count). The molecule has 2 amide bonds. The molecular weight excluding hydrogens is 531 g/mol. The number of carbonyl (C=O) groups is 4. The molecule has 0 fully saturated rings. The Bertz CT molecular complexity index is 1040. The molecule has 11 nitrogen and oxygen atoms in total. The number of aldehydes is 2. The van der Waals surface area contributed by atoms with Crippen LogP contribution < -0.4 is 21.3 Å². The summed E-state index contributed by atoms with van der Waals surface area (Å²) >= 11 is 0. The van der Waals surface area contributed by atoms with Crippen molar-refractivity contribution in [2.45, 2.75) is 65.5 Å². The van der Waals surface area contributed by atoms with Gasteiger partial charge in [-0.15, -0.1) is 0 Å². The zero-order chi connectivity index (χ0) is 31.6. The van der Waals surface area contributed by atoms with E-state index in [4.69, 9.17) is 9.78 Å². The van der Waals surface area contributed by atoms with Crippen molar-refractivity contribution < 1.29 is 28.1 Å². The normalized spacial score (nSPS) is 11.7. The fourth-order valence-electron chi connectivity index (χ4n) is 2.89. The van der Waals surface area contributed by atoms with Crippen molar-refractivity contribution in [2.75, 3.05) is 27.7 Å². The zero-order valence-corrected chi connectivity index (χ0v) is 25.1. The van der Waals surface area contributed by atoms with E-state index < -0.39 is 23.7 Å². The zero-order valence-electron chi connectivity index (χ0n) is 25.1. The molecule has 1 aromatic heterocycles. The molecule has 0 radical (unpaired) electrons. The fourth-order valence-corrected chi connectivity index (χ4v) is 2.89. The Kier molecular flexibility index (Phi) is 23.9. The number of hydrogen-bond donors (Lipinski definition) is 4. The quantitative estimate of drug-likeness (QED) is 0.278. The second-order valence-corrected chi connectivity index (χ2v) is 8.81. The van der Waals surface area contributed by atoms with Gasteiger partial charge in [0, 0.05) is 18.4 Å². The van der Waals surface area contributed by atoms with Crippen molar-refractivity contribution in [1.82, 2.24) is 26.4 Å². The Morgan fingerprint density at radius 1 is 1.12 bits per heavy atom. The van der Waals surface area contributed by atoms with E-state index in [1.54, 1.807) is 14.0 Å². The molecule has 0 saturated heterocycles. The molecular formula is C29H45FN6O5. The number of aryl methyl sites for hydroxylation is 1. The van der Waals surface area contributed by atoms with Gasteiger partial charge < -0.3 is 35.4 Å². The molecule has 0 aliphatic carbocycles. The molecule has 0 aliphatic rings. The average Bonchev–Trinajstić information content (AvgIpc) is 3.41. The van der Waals surface area contributed by atoms with Crippen molar-refractivity contribution in [1.29, 1.82) is 5.26 Å². The highest BCUT2D eigenvalue weighted by Gasteiger charge is 2.23. The highest BCUT2D eigenvalue weighted by atomic mass is 19.1. The average molecular weight is 577 g/mol. The third-order valence-electron chi connectivity index (χ3n) is 4.95. The predicted molar refractivity (Wildman–Crippen MR) is 156 cm³/mol. The monoisotopic (exact) mass is 576 g/mol. The Morgan fingerprint density at radius 2 is 1.71 bits per heavy atom. The van der Waals surface area contributed by atoms with Crippen LogP contribution in [-0.4, -0.2) is 69.3 Å². The minimum absolute atomic E-state index is 0.0205. The van der Waals surface area contributed by atoms with Crippen LogP contribution in [0.2, 0.25) is 0 Å². The molecule has 228 valence electrons. The summed E-state index contributed by atoms with van der Waals surface area (Å²) in [7, 11) is 5.48. The van der Waals surface area contributed by atoms with E-state index in [9.17, 15) is 23.6 Å². The van der Waals surface area contributed by atoms with Crippen molar-refractivity contribution >= 4 is 24.4 Å². The van der Waals surface area contributed by atoms with Crippen molar-refractivity contribution in [3.05, 3.63) is 53.2 Å². The molecule has 4 N–H and O–H groups in total. The van der Waals surface area contributed by atoms with Gasteiger partial charge in [0.25, 0.3) is 5.91 Å². The van der Waals surface area contributed by atoms with Gasteiger partial charge in [0.2, 0.25) is 5.91 Å². The summed E-state index contributed by atoms with van der Waals surface area (Å²) in [5.74, 6) is -1.03. The third kappa shape index (κ3) is 18.9. The van der Waals surface area contributed by atoms with E-state index in [1.807, 2.05) is 21.0 Å². The number of rotatable bonds is 12. The number of aromatic nitrogens is 1. The largest absolute Gasteiger partial charge is 0.361 e. The van der Waals surface area contributed by atoms with Crippen molar-refractivity contribution in [3.63, 3.8) is 0 Å². The third-order valence-corrected chi connectivity index (χ3v) is 4.95. The minimum atomic E-state index is -0.945. The van der Waals surface area contributed by atoms with Crippen molar-refractivity contribution in [3.8, 4) is 6.07 Å². The Morgan fingerprint density at radius 3 is 2.12 bits per heavy atom. The number of carbonyl (C=O) groups excluding carboxylic acids is 4. The maximum atomic E-state index is 13.0. The van der Waals surface area contributed by atoms with Gasteiger partial charge in [-0.2, -0.15) is 5.26 Å². The molecule has 1 heterocycles. The van der Waals surface area contributed by atoms with Crippen LogP contribution in [0.25, 0.3) is 0 Å².